The van der Waals surface area contributed by atoms with Crippen molar-refractivity contribution in [2.45, 2.75) is 38.0 Å². The highest BCUT2D eigenvalue weighted by molar-refractivity contribution is 6.03. The predicted octanol–water partition coefficient (Wildman–Crippen LogP) is 2.77. The molecule has 0 bridgehead atoms. The van der Waals surface area contributed by atoms with Crippen LogP contribution >= 0.6 is 12.4 Å². The van der Waals surface area contributed by atoms with Crippen LogP contribution in [0.4, 0.5) is 5.69 Å². The number of rotatable bonds is 4. The van der Waals surface area contributed by atoms with Crippen molar-refractivity contribution in [1.29, 1.82) is 0 Å². The van der Waals surface area contributed by atoms with Gasteiger partial charge in [0.25, 0.3) is 0 Å². The van der Waals surface area contributed by atoms with Crippen molar-refractivity contribution in [1.82, 2.24) is 10.2 Å². The van der Waals surface area contributed by atoms with Gasteiger partial charge >= 0.3 is 0 Å². The molecule has 3 aliphatic rings. The highest BCUT2D eigenvalue weighted by Crippen LogP contribution is 2.41. The molecule has 0 aliphatic carbocycles. The third-order valence-corrected chi connectivity index (χ3v) is 6.13. The van der Waals surface area contributed by atoms with Crippen LogP contribution in [0.5, 0.6) is 0 Å². The first-order valence-electron chi connectivity index (χ1n) is 9.60. The molecule has 0 spiro atoms. The molecule has 0 aromatic heterocycles. The normalized spacial score (nSPS) is 25.5. The van der Waals surface area contributed by atoms with Crippen LogP contribution in [0.15, 0.2) is 24.3 Å². The molecule has 3 aliphatic heterocycles. The third kappa shape index (κ3) is 3.89. The summed E-state index contributed by atoms with van der Waals surface area (Å²) in [5.41, 5.74) is 2.09. The first kappa shape index (κ1) is 19.2. The minimum atomic E-state index is -0.0435. The number of nitrogens with zero attached hydrogens (tertiary/aromatic N) is 1. The fraction of sp³-hybridized carbons (Fsp3) is 0.600. The summed E-state index contributed by atoms with van der Waals surface area (Å²) in [6, 6.07) is 8.00. The van der Waals surface area contributed by atoms with Crippen LogP contribution in [0.2, 0.25) is 0 Å². The van der Waals surface area contributed by atoms with Gasteiger partial charge in [-0.15, -0.1) is 12.4 Å². The van der Waals surface area contributed by atoms with Gasteiger partial charge in [-0.1, -0.05) is 18.2 Å². The van der Waals surface area contributed by atoms with Crippen molar-refractivity contribution >= 4 is 29.9 Å². The number of carbonyl (C=O) groups is 2. The van der Waals surface area contributed by atoms with Gasteiger partial charge < -0.3 is 15.5 Å². The van der Waals surface area contributed by atoms with Crippen molar-refractivity contribution < 1.29 is 9.59 Å². The standard InChI is InChI=1S/C20H27N3O2.ClH/c24-18(6-5-14-7-10-21-13-14)23-11-8-15(9-12-23)19-16-3-1-2-4-17(16)22-20(19)25;/h1-4,14-15,19,21H,5-13H2,(H,22,25);1H. The van der Waals surface area contributed by atoms with E-state index in [1.165, 1.54) is 6.42 Å². The van der Waals surface area contributed by atoms with Gasteiger partial charge in [-0.25, -0.2) is 0 Å². The molecule has 142 valence electrons. The highest BCUT2D eigenvalue weighted by atomic mass is 35.5. The molecule has 2 N–H and O–H groups in total. The number of anilines is 1. The minimum absolute atomic E-state index is 0. The first-order valence-corrected chi connectivity index (χ1v) is 9.60. The second-order valence-corrected chi connectivity index (χ2v) is 7.67. The second-order valence-electron chi connectivity index (χ2n) is 7.67. The number of para-hydroxylation sites is 1. The summed E-state index contributed by atoms with van der Waals surface area (Å²) in [4.78, 5) is 26.9. The van der Waals surface area contributed by atoms with Crippen LogP contribution in [0.3, 0.4) is 0 Å². The van der Waals surface area contributed by atoms with Crippen LogP contribution in [-0.2, 0) is 9.59 Å². The summed E-state index contributed by atoms with van der Waals surface area (Å²) < 4.78 is 0. The maximum Gasteiger partial charge on any atom is 0.232 e. The number of benzene rings is 1. The Morgan fingerprint density at radius 2 is 1.92 bits per heavy atom. The van der Waals surface area contributed by atoms with Crippen molar-refractivity contribution in [3.8, 4) is 0 Å². The van der Waals surface area contributed by atoms with Crippen LogP contribution < -0.4 is 10.6 Å². The number of fused-ring (bicyclic) bond motifs is 1. The first-order chi connectivity index (χ1) is 12.2. The molecule has 2 saturated heterocycles. The Hall–Kier alpha value is -1.59. The quantitative estimate of drug-likeness (QED) is 0.848. The molecule has 2 unspecified atom stereocenters. The molecule has 0 radical (unpaired) electrons. The molecular weight excluding hydrogens is 350 g/mol. The average molecular weight is 378 g/mol. The largest absolute Gasteiger partial charge is 0.343 e. The summed E-state index contributed by atoms with van der Waals surface area (Å²) in [5, 5.41) is 6.37. The average Bonchev–Trinajstić information content (AvgIpc) is 3.26. The van der Waals surface area contributed by atoms with E-state index in [9.17, 15) is 9.59 Å². The fourth-order valence-electron chi connectivity index (χ4n) is 4.63. The van der Waals surface area contributed by atoms with Crippen molar-refractivity contribution in [2.24, 2.45) is 11.8 Å². The monoisotopic (exact) mass is 377 g/mol. The van der Waals surface area contributed by atoms with E-state index in [1.807, 2.05) is 23.1 Å². The zero-order chi connectivity index (χ0) is 17.2. The van der Waals surface area contributed by atoms with Crippen LogP contribution in [0.25, 0.3) is 0 Å². The molecule has 2 amide bonds. The number of carbonyl (C=O) groups excluding carboxylic acids is 2. The maximum absolute atomic E-state index is 12.5. The van der Waals surface area contributed by atoms with Gasteiger partial charge in [-0.3, -0.25) is 9.59 Å². The summed E-state index contributed by atoms with van der Waals surface area (Å²) in [5.74, 6) is 1.38. The van der Waals surface area contributed by atoms with Crippen LogP contribution in [0.1, 0.15) is 43.6 Å². The molecule has 1 aromatic rings. The zero-order valence-electron chi connectivity index (χ0n) is 15.1. The van der Waals surface area contributed by atoms with E-state index in [-0.39, 0.29) is 24.2 Å². The summed E-state index contributed by atoms with van der Waals surface area (Å²) in [6.45, 7) is 3.73. The lowest BCUT2D eigenvalue weighted by Gasteiger charge is -2.34. The Balaban J connectivity index is 0.00000196. The molecule has 2 fully saturated rings. The number of halogens is 1. The number of amides is 2. The van der Waals surface area contributed by atoms with Crippen LogP contribution in [-0.4, -0.2) is 42.9 Å². The molecule has 6 heteroatoms. The van der Waals surface area contributed by atoms with Crippen LogP contribution in [0, 0.1) is 11.8 Å². The van der Waals surface area contributed by atoms with Gasteiger partial charge in [-0.05, 0) is 62.2 Å². The zero-order valence-corrected chi connectivity index (χ0v) is 15.9. The van der Waals surface area contributed by atoms with E-state index < -0.39 is 0 Å². The molecule has 5 nitrogen and oxygen atoms in total. The lowest BCUT2D eigenvalue weighted by Crippen LogP contribution is -2.40. The van der Waals surface area contributed by atoms with Gasteiger partial charge in [0.15, 0.2) is 0 Å². The summed E-state index contributed by atoms with van der Waals surface area (Å²) in [6.07, 6.45) is 4.71. The third-order valence-electron chi connectivity index (χ3n) is 6.13. The van der Waals surface area contributed by atoms with E-state index in [1.54, 1.807) is 0 Å². The number of piperidine rings is 1. The van der Waals surface area contributed by atoms with E-state index in [0.717, 1.165) is 56.7 Å². The molecule has 3 heterocycles. The van der Waals surface area contributed by atoms with Gasteiger partial charge in [0.05, 0.1) is 5.92 Å². The van der Waals surface area contributed by atoms with Gasteiger partial charge in [0.2, 0.25) is 11.8 Å². The Morgan fingerprint density at radius 3 is 2.65 bits per heavy atom. The van der Waals surface area contributed by atoms with E-state index in [0.29, 0.717) is 24.2 Å². The Bertz CT molecular complexity index is 652. The Kier molecular flexibility index (Phi) is 6.20. The SMILES string of the molecule is Cl.O=C1Nc2ccccc2C1C1CCN(C(=O)CCC2CCNC2)CC1. The van der Waals surface area contributed by atoms with Crippen molar-refractivity contribution in [3.05, 3.63) is 29.8 Å². The number of nitrogens with one attached hydrogen (secondary N) is 2. The molecule has 2 atom stereocenters. The Morgan fingerprint density at radius 1 is 1.15 bits per heavy atom. The predicted molar refractivity (Wildman–Crippen MR) is 105 cm³/mol. The molecule has 26 heavy (non-hydrogen) atoms. The van der Waals surface area contributed by atoms with E-state index in [4.69, 9.17) is 0 Å². The molecule has 0 saturated carbocycles. The highest BCUT2D eigenvalue weighted by Gasteiger charge is 2.38. The Labute approximate surface area is 161 Å². The molecule has 4 rings (SSSR count). The lowest BCUT2D eigenvalue weighted by molar-refractivity contribution is -0.133. The molecule has 1 aromatic carbocycles. The van der Waals surface area contributed by atoms with E-state index >= 15 is 0 Å². The van der Waals surface area contributed by atoms with Gasteiger partial charge in [0.1, 0.15) is 0 Å². The topological polar surface area (TPSA) is 61.4 Å². The fourth-order valence-corrected chi connectivity index (χ4v) is 4.63. The number of hydrogen-bond acceptors (Lipinski definition) is 3. The molecular formula is C20H28ClN3O2. The smallest absolute Gasteiger partial charge is 0.232 e. The number of hydrogen-bond donors (Lipinski definition) is 2. The van der Waals surface area contributed by atoms with Gasteiger partial charge in [0, 0.05) is 25.2 Å². The van der Waals surface area contributed by atoms with Crippen molar-refractivity contribution in [3.63, 3.8) is 0 Å². The van der Waals surface area contributed by atoms with Gasteiger partial charge in [-0.2, -0.15) is 0 Å². The maximum atomic E-state index is 12.5. The lowest BCUT2D eigenvalue weighted by atomic mass is 9.80. The summed E-state index contributed by atoms with van der Waals surface area (Å²) >= 11 is 0. The van der Waals surface area contributed by atoms with Crippen molar-refractivity contribution in [2.75, 3.05) is 31.5 Å². The summed E-state index contributed by atoms with van der Waals surface area (Å²) in [7, 11) is 0. The minimum Gasteiger partial charge on any atom is -0.343 e. The second kappa shape index (κ2) is 8.40. The number of likely N-dealkylation sites (tertiary alicyclic amines) is 1. The van der Waals surface area contributed by atoms with E-state index in [2.05, 4.69) is 16.7 Å².